The summed E-state index contributed by atoms with van der Waals surface area (Å²) in [5.74, 6) is 0. The first kappa shape index (κ1) is 21.1. The summed E-state index contributed by atoms with van der Waals surface area (Å²) >= 11 is 0. The van der Waals surface area contributed by atoms with Crippen LogP contribution in [0.25, 0.3) is 0 Å². The molecule has 0 radical (unpaired) electrons. The second kappa shape index (κ2) is 8.53. The SMILES string of the molecule is Cn1cncc1CN1CC(Cc2ccccc2)N(S(C)(=O)=O)Cc2cc(C#N)ccc21. The van der Waals surface area contributed by atoms with Crippen molar-refractivity contribution in [3.05, 3.63) is 83.4 Å². The van der Waals surface area contributed by atoms with Gasteiger partial charge in [0.15, 0.2) is 0 Å². The summed E-state index contributed by atoms with van der Waals surface area (Å²) in [4.78, 5) is 6.42. The molecule has 0 aliphatic carbocycles. The van der Waals surface area contributed by atoms with E-state index in [1.165, 1.54) is 6.26 Å². The Bertz CT molecular complexity index is 1210. The number of sulfonamides is 1. The lowest BCUT2D eigenvalue weighted by Gasteiger charge is -2.31. The fourth-order valence-electron chi connectivity index (χ4n) is 4.15. The first-order chi connectivity index (χ1) is 14.8. The van der Waals surface area contributed by atoms with Gasteiger partial charge < -0.3 is 9.47 Å². The highest BCUT2D eigenvalue weighted by molar-refractivity contribution is 7.88. The molecule has 0 spiro atoms. The maximum atomic E-state index is 12.8. The molecule has 160 valence electrons. The lowest BCUT2D eigenvalue weighted by atomic mass is 10.1. The lowest BCUT2D eigenvalue weighted by Crippen LogP contribution is -2.45. The highest BCUT2D eigenvalue weighted by Crippen LogP contribution is 2.31. The van der Waals surface area contributed by atoms with Gasteiger partial charge in [0.05, 0.1) is 36.5 Å². The largest absolute Gasteiger partial charge is 0.364 e. The van der Waals surface area contributed by atoms with Gasteiger partial charge in [0.2, 0.25) is 10.0 Å². The minimum atomic E-state index is -3.47. The summed E-state index contributed by atoms with van der Waals surface area (Å²) in [7, 11) is -1.52. The van der Waals surface area contributed by atoms with E-state index in [0.717, 1.165) is 22.5 Å². The number of fused-ring (bicyclic) bond motifs is 1. The molecule has 0 saturated heterocycles. The van der Waals surface area contributed by atoms with E-state index >= 15 is 0 Å². The summed E-state index contributed by atoms with van der Waals surface area (Å²) in [6, 6.07) is 17.4. The quantitative estimate of drug-likeness (QED) is 0.615. The summed E-state index contributed by atoms with van der Waals surface area (Å²) in [6.45, 7) is 1.37. The van der Waals surface area contributed by atoms with Gasteiger partial charge in [-0.3, -0.25) is 0 Å². The average Bonchev–Trinajstić information content (AvgIpc) is 3.07. The monoisotopic (exact) mass is 435 g/mol. The maximum absolute atomic E-state index is 12.8. The molecule has 3 aromatic rings. The summed E-state index contributed by atoms with van der Waals surface area (Å²) in [6.07, 6.45) is 5.45. The van der Waals surface area contributed by atoms with Crippen molar-refractivity contribution in [3.63, 3.8) is 0 Å². The van der Waals surface area contributed by atoms with E-state index < -0.39 is 10.0 Å². The van der Waals surface area contributed by atoms with Gasteiger partial charge in [0.1, 0.15) is 0 Å². The Labute approximate surface area is 183 Å². The summed E-state index contributed by atoms with van der Waals surface area (Å²) in [5, 5.41) is 9.38. The van der Waals surface area contributed by atoms with E-state index in [0.29, 0.717) is 25.1 Å². The molecular weight excluding hydrogens is 410 g/mol. The zero-order chi connectivity index (χ0) is 22.0. The normalized spacial score (nSPS) is 17.1. The smallest absolute Gasteiger partial charge is 0.211 e. The van der Waals surface area contributed by atoms with E-state index in [-0.39, 0.29) is 12.6 Å². The Hall–Kier alpha value is -3.15. The third-order valence-corrected chi connectivity index (χ3v) is 7.00. The molecule has 1 unspecified atom stereocenters. The Morgan fingerprint density at radius 2 is 1.97 bits per heavy atom. The van der Waals surface area contributed by atoms with Gasteiger partial charge in [-0.2, -0.15) is 9.57 Å². The lowest BCUT2D eigenvalue weighted by molar-refractivity contribution is 0.320. The number of hydrogen-bond donors (Lipinski definition) is 0. The van der Waals surface area contributed by atoms with Crippen molar-refractivity contribution in [2.24, 2.45) is 7.05 Å². The van der Waals surface area contributed by atoms with Crippen LogP contribution in [0, 0.1) is 11.3 Å². The Morgan fingerprint density at radius 1 is 1.19 bits per heavy atom. The van der Waals surface area contributed by atoms with Crippen molar-refractivity contribution in [1.82, 2.24) is 13.9 Å². The van der Waals surface area contributed by atoms with Crippen molar-refractivity contribution in [3.8, 4) is 6.07 Å². The van der Waals surface area contributed by atoms with E-state index in [1.807, 2.05) is 54.2 Å². The van der Waals surface area contributed by atoms with E-state index in [1.54, 1.807) is 22.8 Å². The first-order valence-electron chi connectivity index (χ1n) is 10.1. The molecule has 1 aliphatic heterocycles. The minimum Gasteiger partial charge on any atom is -0.364 e. The summed E-state index contributed by atoms with van der Waals surface area (Å²) in [5.41, 5.74) is 4.42. The van der Waals surface area contributed by atoms with Gasteiger partial charge in [0, 0.05) is 38.1 Å². The Kier molecular flexibility index (Phi) is 5.81. The van der Waals surface area contributed by atoms with Crippen LogP contribution in [0.15, 0.2) is 61.1 Å². The molecule has 4 rings (SSSR count). The number of imidazole rings is 1. The Balaban J connectivity index is 1.79. The summed E-state index contributed by atoms with van der Waals surface area (Å²) < 4.78 is 29.2. The van der Waals surface area contributed by atoms with Gasteiger partial charge in [-0.15, -0.1) is 0 Å². The zero-order valence-electron chi connectivity index (χ0n) is 17.6. The van der Waals surface area contributed by atoms with Crippen molar-refractivity contribution in [2.45, 2.75) is 25.6 Å². The van der Waals surface area contributed by atoms with Gasteiger partial charge in [-0.25, -0.2) is 13.4 Å². The number of aromatic nitrogens is 2. The molecule has 0 N–H and O–H groups in total. The third kappa shape index (κ3) is 4.63. The number of hydrogen-bond acceptors (Lipinski definition) is 5. The molecule has 2 heterocycles. The molecule has 7 nitrogen and oxygen atoms in total. The molecule has 8 heteroatoms. The van der Waals surface area contributed by atoms with Gasteiger partial charge in [0.25, 0.3) is 0 Å². The van der Waals surface area contributed by atoms with E-state index in [2.05, 4.69) is 16.0 Å². The first-order valence-corrected chi connectivity index (χ1v) is 11.9. The van der Waals surface area contributed by atoms with Crippen molar-refractivity contribution in [1.29, 1.82) is 5.26 Å². The predicted octanol–water partition coefficient (Wildman–Crippen LogP) is 2.68. The van der Waals surface area contributed by atoms with Crippen LogP contribution < -0.4 is 4.90 Å². The van der Waals surface area contributed by atoms with Crippen LogP contribution in [-0.2, 0) is 36.6 Å². The fourth-order valence-corrected chi connectivity index (χ4v) is 5.21. The number of nitrogens with zero attached hydrogens (tertiary/aromatic N) is 5. The number of benzene rings is 2. The molecule has 0 saturated carbocycles. The zero-order valence-corrected chi connectivity index (χ0v) is 18.5. The topological polar surface area (TPSA) is 82.2 Å². The molecule has 0 fully saturated rings. The van der Waals surface area contributed by atoms with Crippen LogP contribution in [0.5, 0.6) is 0 Å². The van der Waals surface area contributed by atoms with Crippen LogP contribution in [0.1, 0.15) is 22.4 Å². The third-order valence-electron chi connectivity index (χ3n) is 5.72. The standard InChI is InChI=1S/C23H25N5O2S/c1-26-17-25-13-22(26)16-27-15-21(11-18-6-4-3-5-7-18)28(31(2,29)30)14-20-10-19(12-24)8-9-23(20)27/h3-10,13,17,21H,11,14-16H2,1-2H3. The molecule has 2 aromatic carbocycles. The number of nitriles is 1. The number of aryl methyl sites for hydroxylation is 1. The van der Waals surface area contributed by atoms with E-state index in [4.69, 9.17) is 0 Å². The van der Waals surface area contributed by atoms with Crippen LogP contribution in [-0.4, -0.2) is 41.1 Å². The highest BCUT2D eigenvalue weighted by Gasteiger charge is 2.33. The maximum Gasteiger partial charge on any atom is 0.211 e. The second-order valence-corrected chi connectivity index (χ2v) is 9.92. The van der Waals surface area contributed by atoms with E-state index in [9.17, 15) is 13.7 Å². The van der Waals surface area contributed by atoms with Gasteiger partial charge >= 0.3 is 0 Å². The molecule has 0 amide bonds. The average molecular weight is 436 g/mol. The van der Waals surface area contributed by atoms with Crippen molar-refractivity contribution in [2.75, 3.05) is 17.7 Å². The molecule has 1 atom stereocenters. The van der Waals surface area contributed by atoms with Crippen molar-refractivity contribution >= 4 is 15.7 Å². The second-order valence-electron chi connectivity index (χ2n) is 7.98. The van der Waals surface area contributed by atoms with Crippen LogP contribution >= 0.6 is 0 Å². The van der Waals surface area contributed by atoms with Gasteiger partial charge in [-0.05, 0) is 35.7 Å². The highest BCUT2D eigenvalue weighted by atomic mass is 32.2. The molecule has 0 bridgehead atoms. The molecule has 1 aliphatic rings. The minimum absolute atomic E-state index is 0.239. The van der Waals surface area contributed by atoms with Gasteiger partial charge in [-0.1, -0.05) is 30.3 Å². The molecular formula is C23H25N5O2S. The number of rotatable bonds is 5. The molecule has 1 aromatic heterocycles. The van der Waals surface area contributed by atoms with Crippen LogP contribution in [0.3, 0.4) is 0 Å². The van der Waals surface area contributed by atoms with Crippen LogP contribution in [0.4, 0.5) is 5.69 Å². The van der Waals surface area contributed by atoms with Crippen molar-refractivity contribution < 1.29 is 8.42 Å². The molecule has 31 heavy (non-hydrogen) atoms. The number of anilines is 1. The van der Waals surface area contributed by atoms with Crippen LogP contribution in [0.2, 0.25) is 0 Å². The predicted molar refractivity (Wildman–Crippen MR) is 120 cm³/mol. The fraction of sp³-hybridized carbons (Fsp3) is 0.304. The Morgan fingerprint density at radius 3 is 2.61 bits per heavy atom.